The first-order valence-electron chi connectivity index (χ1n) is 7.23. The van der Waals surface area contributed by atoms with Gasteiger partial charge in [-0.2, -0.15) is 0 Å². The first-order valence-corrected chi connectivity index (χ1v) is 7.23. The molecule has 2 amide bonds. The first kappa shape index (κ1) is 15.3. The van der Waals surface area contributed by atoms with Crippen molar-refractivity contribution in [2.24, 2.45) is 0 Å². The van der Waals surface area contributed by atoms with Crippen LogP contribution in [0.5, 0.6) is 0 Å². The number of hydrogen-bond donors (Lipinski definition) is 2. The quantitative estimate of drug-likeness (QED) is 0.868. The van der Waals surface area contributed by atoms with Crippen LogP contribution in [0.4, 0.5) is 5.82 Å². The molecule has 0 unspecified atom stereocenters. The predicted molar refractivity (Wildman–Crippen MR) is 80.8 cm³/mol. The lowest BCUT2D eigenvalue weighted by Crippen LogP contribution is -2.63. The summed E-state index contributed by atoms with van der Waals surface area (Å²) >= 11 is 0. The van der Waals surface area contributed by atoms with E-state index in [1.807, 2.05) is 6.92 Å². The van der Waals surface area contributed by atoms with Crippen molar-refractivity contribution in [2.75, 3.05) is 18.8 Å². The fourth-order valence-corrected chi connectivity index (χ4v) is 2.53. The number of nitrogens with one attached hydrogen (secondary N) is 1. The van der Waals surface area contributed by atoms with Crippen LogP contribution >= 0.6 is 0 Å². The lowest BCUT2D eigenvalue weighted by molar-refractivity contribution is -0.133. The van der Waals surface area contributed by atoms with Crippen molar-refractivity contribution in [1.82, 2.24) is 15.2 Å². The van der Waals surface area contributed by atoms with E-state index in [1.165, 1.54) is 0 Å². The van der Waals surface area contributed by atoms with Crippen LogP contribution < -0.4 is 11.1 Å². The lowest BCUT2D eigenvalue weighted by atomic mass is 9.97. The molecule has 114 valence electrons. The van der Waals surface area contributed by atoms with Gasteiger partial charge in [0.1, 0.15) is 11.4 Å². The molecule has 0 spiro atoms. The summed E-state index contributed by atoms with van der Waals surface area (Å²) < 4.78 is 0. The SMILES string of the molecule is CCCc1cc(C(=O)N2CCNC(=O)C2(C)C)cc(N)n1. The van der Waals surface area contributed by atoms with Crippen molar-refractivity contribution in [1.29, 1.82) is 0 Å². The summed E-state index contributed by atoms with van der Waals surface area (Å²) in [6.45, 7) is 6.50. The van der Waals surface area contributed by atoms with Gasteiger partial charge in [-0.15, -0.1) is 0 Å². The van der Waals surface area contributed by atoms with Gasteiger partial charge in [0.15, 0.2) is 0 Å². The van der Waals surface area contributed by atoms with E-state index in [0.29, 0.717) is 24.5 Å². The highest BCUT2D eigenvalue weighted by Crippen LogP contribution is 2.21. The minimum atomic E-state index is -0.863. The molecule has 2 heterocycles. The normalized spacial score (nSPS) is 17.5. The molecule has 1 aromatic rings. The van der Waals surface area contributed by atoms with Gasteiger partial charge >= 0.3 is 0 Å². The molecule has 2 rings (SSSR count). The van der Waals surface area contributed by atoms with Crippen LogP contribution in [0.3, 0.4) is 0 Å². The summed E-state index contributed by atoms with van der Waals surface area (Å²) in [4.78, 5) is 30.5. The number of rotatable bonds is 3. The van der Waals surface area contributed by atoms with Gasteiger partial charge in [-0.3, -0.25) is 9.59 Å². The Bertz CT molecular complexity index is 569. The molecule has 0 atom stereocenters. The van der Waals surface area contributed by atoms with Gasteiger partial charge in [0.25, 0.3) is 5.91 Å². The van der Waals surface area contributed by atoms with Crippen LogP contribution in [-0.4, -0.2) is 40.3 Å². The Balaban J connectivity index is 2.33. The number of aromatic nitrogens is 1. The van der Waals surface area contributed by atoms with Crippen molar-refractivity contribution < 1.29 is 9.59 Å². The Morgan fingerprint density at radius 1 is 1.48 bits per heavy atom. The molecule has 1 aliphatic rings. The van der Waals surface area contributed by atoms with E-state index < -0.39 is 5.54 Å². The lowest BCUT2D eigenvalue weighted by Gasteiger charge is -2.41. The van der Waals surface area contributed by atoms with E-state index in [0.717, 1.165) is 18.5 Å². The van der Waals surface area contributed by atoms with Crippen LogP contribution in [0.15, 0.2) is 12.1 Å². The zero-order valence-corrected chi connectivity index (χ0v) is 12.8. The average molecular weight is 290 g/mol. The van der Waals surface area contributed by atoms with Gasteiger partial charge in [-0.05, 0) is 32.4 Å². The highest BCUT2D eigenvalue weighted by molar-refractivity contribution is 6.00. The summed E-state index contributed by atoms with van der Waals surface area (Å²) in [6.07, 6.45) is 1.71. The van der Waals surface area contributed by atoms with Gasteiger partial charge in [0.05, 0.1) is 0 Å². The minimum Gasteiger partial charge on any atom is -0.384 e. The topological polar surface area (TPSA) is 88.3 Å². The third-order valence-electron chi connectivity index (χ3n) is 3.75. The maximum absolute atomic E-state index is 12.7. The van der Waals surface area contributed by atoms with Crippen LogP contribution in [0.2, 0.25) is 0 Å². The van der Waals surface area contributed by atoms with Crippen molar-refractivity contribution in [3.05, 3.63) is 23.4 Å². The van der Waals surface area contributed by atoms with E-state index in [2.05, 4.69) is 10.3 Å². The number of anilines is 1. The second kappa shape index (κ2) is 5.71. The van der Waals surface area contributed by atoms with Crippen molar-refractivity contribution in [2.45, 2.75) is 39.2 Å². The molecule has 0 bridgehead atoms. The second-order valence-corrected chi connectivity index (χ2v) is 5.79. The van der Waals surface area contributed by atoms with E-state index >= 15 is 0 Å². The van der Waals surface area contributed by atoms with Crippen molar-refractivity contribution >= 4 is 17.6 Å². The number of nitrogen functional groups attached to an aromatic ring is 1. The van der Waals surface area contributed by atoms with Gasteiger partial charge < -0.3 is 16.0 Å². The van der Waals surface area contributed by atoms with E-state index in [-0.39, 0.29) is 11.8 Å². The Labute approximate surface area is 124 Å². The molecule has 0 saturated carbocycles. The molecular formula is C15H22N4O2. The van der Waals surface area contributed by atoms with Crippen molar-refractivity contribution in [3.63, 3.8) is 0 Å². The number of nitrogens with zero attached hydrogens (tertiary/aromatic N) is 2. The third kappa shape index (κ3) is 2.99. The molecule has 3 N–H and O–H groups in total. The predicted octanol–water partition coefficient (Wildman–Crippen LogP) is 0.967. The fourth-order valence-electron chi connectivity index (χ4n) is 2.53. The van der Waals surface area contributed by atoms with Crippen molar-refractivity contribution in [3.8, 4) is 0 Å². The summed E-state index contributed by atoms with van der Waals surface area (Å²) in [5.74, 6) is 0.0165. The standard InChI is InChI=1S/C15H22N4O2/c1-4-5-11-8-10(9-12(16)18-11)13(20)19-7-6-17-14(21)15(19,2)3/h8-9H,4-7H2,1-3H3,(H2,16,18)(H,17,21). The smallest absolute Gasteiger partial charge is 0.254 e. The summed E-state index contributed by atoms with van der Waals surface area (Å²) in [5.41, 5.74) is 6.23. The zero-order valence-electron chi connectivity index (χ0n) is 12.8. The monoisotopic (exact) mass is 290 g/mol. The Morgan fingerprint density at radius 3 is 2.86 bits per heavy atom. The molecule has 1 saturated heterocycles. The fraction of sp³-hybridized carbons (Fsp3) is 0.533. The Hall–Kier alpha value is -2.11. The molecule has 1 fully saturated rings. The van der Waals surface area contributed by atoms with E-state index in [1.54, 1.807) is 30.9 Å². The van der Waals surface area contributed by atoms with Crippen LogP contribution in [0, 0.1) is 0 Å². The molecule has 0 aliphatic carbocycles. The van der Waals surface area contributed by atoms with Gasteiger partial charge in [0, 0.05) is 24.3 Å². The molecule has 6 heteroatoms. The summed E-state index contributed by atoms with van der Waals surface area (Å²) in [6, 6.07) is 3.34. The number of hydrogen-bond acceptors (Lipinski definition) is 4. The van der Waals surface area contributed by atoms with Gasteiger partial charge in [-0.1, -0.05) is 13.3 Å². The molecule has 1 aromatic heterocycles. The van der Waals surface area contributed by atoms with Crippen LogP contribution in [-0.2, 0) is 11.2 Å². The number of piperazine rings is 1. The molecule has 0 radical (unpaired) electrons. The number of carbonyl (C=O) groups excluding carboxylic acids is 2. The highest BCUT2D eigenvalue weighted by atomic mass is 16.2. The first-order chi connectivity index (χ1) is 9.86. The van der Waals surface area contributed by atoms with Crippen LogP contribution in [0.25, 0.3) is 0 Å². The summed E-state index contributed by atoms with van der Waals surface area (Å²) in [5, 5.41) is 2.78. The molecule has 0 aromatic carbocycles. The Kier molecular flexibility index (Phi) is 4.16. The summed E-state index contributed by atoms with van der Waals surface area (Å²) in [7, 11) is 0. The maximum atomic E-state index is 12.7. The third-order valence-corrected chi connectivity index (χ3v) is 3.75. The second-order valence-electron chi connectivity index (χ2n) is 5.79. The molecule has 21 heavy (non-hydrogen) atoms. The molecule has 1 aliphatic heterocycles. The minimum absolute atomic E-state index is 0.141. The van der Waals surface area contributed by atoms with Gasteiger partial charge in [-0.25, -0.2) is 4.98 Å². The number of nitrogens with two attached hydrogens (primary N) is 1. The number of aryl methyl sites for hydroxylation is 1. The number of pyridine rings is 1. The Morgan fingerprint density at radius 2 is 2.19 bits per heavy atom. The van der Waals surface area contributed by atoms with Gasteiger partial charge in [0.2, 0.25) is 5.91 Å². The largest absolute Gasteiger partial charge is 0.384 e. The zero-order chi connectivity index (χ0) is 15.6. The van der Waals surface area contributed by atoms with E-state index in [4.69, 9.17) is 5.73 Å². The highest BCUT2D eigenvalue weighted by Gasteiger charge is 2.40. The molecular weight excluding hydrogens is 268 g/mol. The number of carbonyl (C=O) groups is 2. The number of amides is 2. The van der Waals surface area contributed by atoms with E-state index in [9.17, 15) is 9.59 Å². The average Bonchev–Trinajstić information content (AvgIpc) is 2.41. The maximum Gasteiger partial charge on any atom is 0.254 e. The molecule has 6 nitrogen and oxygen atoms in total. The van der Waals surface area contributed by atoms with Crippen LogP contribution in [0.1, 0.15) is 43.2 Å².